The molecule has 1 rings (SSSR count). The molecule has 1 atom stereocenters. The summed E-state index contributed by atoms with van der Waals surface area (Å²) in [5.41, 5.74) is 6.42. The van der Waals surface area contributed by atoms with E-state index in [4.69, 9.17) is 5.73 Å². The Morgan fingerprint density at radius 2 is 1.94 bits per heavy atom. The van der Waals surface area contributed by atoms with Crippen LogP contribution in [-0.2, 0) is 0 Å². The first-order valence-electron chi connectivity index (χ1n) is 7.36. The molecule has 0 saturated carbocycles. The van der Waals surface area contributed by atoms with Crippen LogP contribution in [0, 0.1) is 16.7 Å². The molecule has 108 valence electrons. The van der Waals surface area contributed by atoms with E-state index in [1.807, 2.05) is 0 Å². The Labute approximate surface area is 113 Å². The van der Waals surface area contributed by atoms with E-state index in [1.54, 1.807) is 0 Å². The number of hydrogen-bond donors (Lipinski definition) is 2. The Morgan fingerprint density at radius 3 is 2.44 bits per heavy atom. The van der Waals surface area contributed by atoms with Crippen molar-refractivity contribution in [1.29, 1.82) is 0 Å². The standard InChI is InChI=1S/C15H33N3/c1-14(2,11-16)7-8-17-12-15(3,4)13-6-9-18(5)10-13/h13,17H,6-12,16H2,1-5H3. The highest BCUT2D eigenvalue weighted by atomic mass is 15.1. The van der Waals surface area contributed by atoms with Crippen molar-refractivity contribution in [2.24, 2.45) is 22.5 Å². The molecule has 1 aliphatic heterocycles. The van der Waals surface area contributed by atoms with E-state index in [-0.39, 0.29) is 5.41 Å². The van der Waals surface area contributed by atoms with Crippen LogP contribution in [0.25, 0.3) is 0 Å². The molecule has 1 saturated heterocycles. The lowest BCUT2D eigenvalue weighted by atomic mass is 9.78. The van der Waals surface area contributed by atoms with Gasteiger partial charge in [-0.2, -0.15) is 0 Å². The normalized spacial score (nSPS) is 22.7. The van der Waals surface area contributed by atoms with Gasteiger partial charge in [0.2, 0.25) is 0 Å². The van der Waals surface area contributed by atoms with Crippen molar-refractivity contribution in [2.45, 2.75) is 40.5 Å². The summed E-state index contributed by atoms with van der Waals surface area (Å²) in [6.45, 7) is 14.8. The predicted octanol–water partition coefficient (Wildman–Crippen LogP) is 1.93. The van der Waals surface area contributed by atoms with Crippen LogP contribution >= 0.6 is 0 Å². The Morgan fingerprint density at radius 1 is 1.28 bits per heavy atom. The van der Waals surface area contributed by atoms with E-state index >= 15 is 0 Å². The number of nitrogens with one attached hydrogen (secondary N) is 1. The van der Waals surface area contributed by atoms with Gasteiger partial charge in [-0.25, -0.2) is 0 Å². The van der Waals surface area contributed by atoms with E-state index < -0.39 is 0 Å². The monoisotopic (exact) mass is 255 g/mol. The third-order valence-corrected chi connectivity index (χ3v) is 4.61. The van der Waals surface area contributed by atoms with Crippen LogP contribution in [0.5, 0.6) is 0 Å². The van der Waals surface area contributed by atoms with Crippen LogP contribution in [0.15, 0.2) is 0 Å². The van der Waals surface area contributed by atoms with Crippen LogP contribution in [0.4, 0.5) is 0 Å². The Hall–Kier alpha value is -0.120. The van der Waals surface area contributed by atoms with Gasteiger partial charge in [0, 0.05) is 13.1 Å². The van der Waals surface area contributed by atoms with Crippen LogP contribution in [-0.4, -0.2) is 44.7 Å². The van der Waals surface area contributed by atoms with Crippen LogP contribution in [0.3, 0.4) is 0 Å². The van der Waals surface area contributed by atoms with Crippen molar-refractivity contribution >= 4 is 0 Å². The Bertz CT molecular complexity index is 248. The first kappa shape index (κ1) is 15.9. The van der Waals surface area contributed by atoms with Crippen molar-refractivity contribution in [3.05, 3.63) is 0 Å². The number of hydrogen-bond acceptors (Lipinski definition) is 3. The fraction of sp³-hybridized carbons (Fsp3) is 1.00. The molecule has 0 radical (unpaired) electrons. The molecule has 0 bridgehead atoms. The van der Waals surface area contributed by atoms with E-state index in [0.29, 0.717) is 5.41 Å². The summed E-state index contributed by atoms with van der Waals surface area (Å²) in [4.78, 5) is 2.45. The number of nitrogens with two attached hydrogens (primary N) is 1. The molecule has 0 aromatic rings. The minimum Gasteiger partial charge on any atom is -0.330 e. The molecule has 1 heterocycles. The van der Waals surface area contributed by atoms with Crippen molar-refractivity contribution in [3.63, 3.8) is 0 Å². The van der Waals surface area contributed by atoms with Gasteiger partial charge in [-0.3, -0.25) is 0 Å². The molecule has 0 spiro atoms. The Kier molecular flexibility index (Phi) is 5.63. The highest BCUT2D eigenvalue weighted by molar-refractivity contribution is 4.87. The van der Waals surface area contributed by atoms with Gasteiger partial charge >= 0.3 is 0 Å². The summed E-state index contributed by atoms with van der Waals surface area (Å²) < 4.78 is 0. The van der Waals surface area contributed by atoms with Gasteiger partial charge in [0.1, 0.15) is 0 Å². The first-order valence-corrected chi connectivity index (χ1v) is 7.36. The van der Waals surface area contributed by atoms with Crippen molar-refractivity contribution in [1.82, 2.24) is 10.2 Å². The minimum atomic E-state index is 0.269. The SMILES string of the molecule is CN1CCC(C(C)(C)CNCCC(C)(C)CN)C1. The van der Waals surface area contributed by atoms with Crippen LogP contribution in [0.2, 0.25) is 0 Å². The molecule has 1 unspecified atom stereocenters. The second-order valence-corrected chi connectivity index (χ2v) is 7.53. The van der Waals surface area contributed by atoms with Gasteiger partial charge in [0.15, 0.2) is 0 Å². The van der Waals surface area contributed by atoms with E-state index in [2.05, 4.69) is 45.0 Å². The van der Waals surface area contributed by atoms with E-state index in [9.17, 15) is 0 Å². The molecule has 0 aliphatic carbocycles. The molecule has 3 heteroatoms. The summed E-state index contributed by atoms with van der Waals surface area (Å²) in [6, 6.07) is 0. The summed E-state index contributed by atoms with van der Waals surface area (Å²) in [7, 11) is 2.23. The van der Waals surface area contributed by atoms with Crippen molar-refractivity contribution in [3.8, 4) is 0 Å². The van der Waals surface area contributed by atoms with E-state index in [1.165, 1.54) is 19.5 Å². The van der Waals surface area contributed by atoms with Gasteiger partial charge in [-0.1, -0.05) is 27.7 Å². The molecule has 1 fully saturated rings. The van der Waals surface area contributed by atoms with Gasteiger partial charge in [-0.15, -0.1) is 0 Å². The molecular formula is C15H33N3. The highest BCUT2D eigenvalue weighted by Crippen LogP contribution is 2.33. The predicted molar refractivity (Wildman–Crippen MR) is 79.7 cm³/mol. The molecule has 0 amide bonds. The zero-order valence-corrected chi connectivity index (χ0v) is 13.1. The van der Waals surface area contributed by atoms with Crippen LogP contribution < -0.4 is 11.1 Å². The lowest BCUT2D eigenvalue weighted by Gasteiger charge is -2.32. The zero-order chi connectivity index (χ0) is 13.8. The maximum atomic E-state index is 5.76. The second-order valence-electron chi connectivity index (χ2n) is 7.53. The molecule has 3 nitrogen and oxygen atoms in total. The number of likely N-dealkylation sites (tertiary alicyclic amines) is 1. The number of nitrogens with zero attached hydrogens (tertiary/aromatic N) is 1. The quantitative estimate of drug-likeness (QED) is 0.683. The van der Waals surface area contributed by atoms with E-state index in [0.717, 1.165) is 32.0 Å². The first-order chi connectivity index (χ1) is 8.27. The fourth-order valence-corrected chi connectivity index (χ4v) is 2.66. The van der Waals surface area contributed by atoms with Gasteiger partial charge in [0.25, 0.3) is 0 Å². The minimum absolute atomic E-state index is 0.269. The summed E-state index contributed by atoms with van der Waals surface area (Å²) in [6.07, 6.45) is 2.50. The molecule has 1 aliphatic rings. The summed E-state index contributed by atoms with van der Waals surface area (Å²) in [5, 5.41) is 3.63. The average Bonchev–Trinajstić information content (AvgIpc) is 2.72. The molecule has 0 aromatic carbocycles. The lowest BCUT2D eigenvalue weighted by Crippen LogP contribution is -2.38. The highest BCUT2D eigenvalue weighted by Gasteiger charge is 2.33. The maximum absolute atomic E-state index is 5.76. The van der Waals surface area contributed by atoms with Gasteiger partial charge in [0.05, 0.1) is 0 Å². The zero-order valence-electron chi connectivity index (χ0n) is 13.1. The van der Waals surface area contributed by atoms with Gasteiger partial charge < -0.3 is 16.0 Å². The summed E-state index contributed by atoms with van der Waals surface area (Å²) >= 11 is 0. The van der Waals surface area contributed by atoms with Crippen molar-refractivity contribution in [2.75, 3.05) is 39.8 Å². The third-order valence-electron chi connectivity index (χ3n) is 4.61. The second kappa shape index (κ2) is 6.36. The Balaban J connectivity index is 2.25. The molecular weight excluding hydrogens is 222 g/mol. The lowest BCUT2D eigenvalue weighted by molar-refractivity contribution is 0.202. The third kappa shape index (κ3) is 4.87. The van der Waals surface area contributed by atoms with Crippen molar-refractivity contribution < 1.29 is 0 Å². The fourth-order valence-electron chi connectivity index (χ4n) is 2.66. The molecule has 0 aromatic heterocycles. The number of rotatable bonds is 7. The average molecular weight is 255 g/mol. The topological polar surface area (TPSA) is 41.3 Å². The largest absolute Gasteiger partial charge is 0.330 e. The maximum Gasteiger partial charge on any atom is 0.00127 e. The molecule has 3 N–H and O–H groups in total. The van der Waals surface area contributed by atoms with Gasteiger partial charge in [-0.05, 0) is 56.3 Å². The van der Waals surface area contributed by atoms with Crippen LogP contribution in [0.1, 0.15) is 40.5 Å². The summed E-state index contributed by atoms with van der Waals surface area (Å²) in [5.74, 6) is 0.831. The smallest absolute Gasteiger partial charge is 0.00127 e. The molecule has 18 heavy (non-hydrogen) atoms.